The van der Waals surface area contributed by atoms with Crippen LogP contribution in [0.4, 0.5) is 0 Å². The number of amides is 1. The first kappa shape index (κ1) is 13.1. The molecule has 5 heteroatoms. The van der Waals surface area contributed by atoms with Gasteiger partial charge in [-0.1, -0.05) is 6.42 Å². The maximum Gasteiger partial charge on any atom is 0.251 e. The third kappa shape index (κ3) is 3.57. The highest BCUT2D eigenvalue weighted by atomic mass is 35.5. The molecule has 1 heterocycles. The Bertz CT molecular complexity index is 256. The van der Waals surface area contributed by atoms with Gasteiger partial charge in [0, 0.05) is 12.4 Å². The number of hydrogen-bond donors (Lipinski definition) is 1. The molecule has 3 unspecified atom stereocenters. The molecule has 2 aliphatic rings. The van der Waals surface area contributed by atoms with E-state index in [-0.39, 0.29) is 5.91 Å². The van der Waals surface area contributed by atoms with Gasteiger partial charge in [0.15, 0.2) is 6.10 Å². The minimum Gasteiger partial charge on any atom is -0.376 e. The first-order valence-electron chi connectivity index (χ1n) is 6.34. The second-order valence-electron chi connectivity index (χ2n) is 4.78. The van der Waals surface area contributed by atoms with E-state index in [9.17, 15) is 4.79 Å². The molecule has 1 saturated heterocycles. The quantitative estimate of drug-likeness (QED) is 0.773. The summed E-state index contributed by atoms with van der Waals surface area (Å²) in [5.74, 6) is 1.73. The van der Waals surface area contributed by atoms with Crippen molar-refractivity contribution in [3.05, 3.63) is 0 Å². The van der Waals surface area contributed by atoms with Crippen LogP contribution in [0.15, 0.2) is 0 Å². The number of carbonyl (C=O) groups is 1. The Morgan fingerprint density at radius 3 is 2.82 bits per heavy atom. The van der Waals surface area contributed by atoms with E-state index in [1.807, 2.05) is 0 Å². The van der Waals surface area contributed by atoms with Crippen molar-refractivity contribution in [3.63, 3.8) is 0 Å². The van der Waals surface area contributed by atoms with E-state index in [1.165, 1.54) is 19.3 Å². The predicted molar refractivity (Wildman–Crippen MR) is 65.1 cm³/mol. The topological polar surface area (TPSA) is 47.6 Å². The smallest absolute Gasteiger partial charge is 0.251 e. The zero-order valence-electron chi connectivity index (χ0n) is 9.99. The third-order valence-corrected chi connectivity index (χ3v) is 4.06. The normalized spacial score (nSPS) is 33.6. The van der Waals surface area contributed by atoms with Crippen LogP contribution < -0.4 is 5.32 Å². The maximum absolute atomic E-state index is 11.8. The Labute approximate surface area is 107 Å². The van der Waals surface area contributed by atoms with Crippen molar-refractivity contribution in [2.45, 2.75) is 25.4 Å². The molecule has 1 aliphatic carbocycles. The van der Waals surface area contributed by atoms with Crippen molar-refractivity contribution < 1.29 is 14.3 Å². The Balaban J connectivity index is 1.71. The lowest BCUT2D eigenvalue weighted by Crippen LogP contribution is -2.44. The molecule has 2 rings (SSSR count). The predicted octanol–water partition coefficient (Wildman–Crippen LogP) is 1.17. The Hall–Kier alpha value is -0.320. The zero-order chi connectivity index (χ0) is 12.1. The highest BCUT2D eigenvalue weighted by molar-refractivity contribution is 6.18. The van der Waals surface area contributed by atoms with Crippen LogP contribution in [0.3, 0.4) is 0 Å². The summed E-state index contributed by atoms with van der Waals surface area (Å²) < 4.78 is 10.6. The van der Waals surface area contributed by atoms with Crippen LogP contribution in [-0.4, -0.2) is 44.3 Å². The van der Waals surface area contributed by atoms with Crippen molar-refractivity contribution >= 4 is 17.5 Å². The summed E-state index contributed by atoms with van der Waals surface area (Å²) in [6.07, 6.45) is 3.15. The van der Waals surface area contributed by atoms with Crippen LogP contribution in [0.25, 0.3) is 0 Å². The molecule has 4 nitrogen and oxygen atoms in total. The molecule has 0 aromatic rings. The molecule has 98 valence electrons. The van der Waals surface area contributed by atoms with Gasteiger partial charge in [0.1, 0.15) is 0 Å². The van der Waals surface area contributed by atoms with Gasteiger partial charge in [-0.25, -0.2) is 0 Å². The minimum atomic E-state index is -0.431. The van der Waals surface area contributed by atoms with Crippen LogP contribution in [0.2, 0.25) is 0 Å². The first-order chi connectivity index (χ1) is 8.31. The lowest BCUT2D eigenvalue weighted by atomic mass is 9.98. The summed E-state index contributed by atoms with van der Waals surface area (Å²) in [5.41, 5.74) is 0. The largest absolute Gasteiger partial charge is 0.376 e. The number of alkyl halides is 1. The van der Waals surface area contributed by atoms with E-state index < -0.39 is 6.10 Å². The highest BCUT2D eigenvalue weighted by Crippen LogP contribution is 2.31. The van der Waals surface area contributed by atoms with Gasteiger partial charge in [-0.3, -0.25) is 4.79 Å². The number of hydrogen-bond acceptors (Lipinski definition) is 3. The molecule has 1 N–H and O–H groups in total. The number of carbonyl (C=O) groups excluding carboxylic acids is 1. The molecule has 0 aromatic heterocycles. The van der Waals surface area contributed by atoms with Gasteiger partial charge in [-0.2, -0.15) is 0 Å². The minimum absolute atomic E-state index is 0.0510. The summed E-state index contributed by atoms with van der Waals surface area (Å²) in [7, 11) is 0. The molecule has 0 spiro atoms. The van der Waals surface area contributed by atoms with Gasteiger partial charge in [0.2, 0.25) is 0 Å². The standard InChI is InChI=1S/C12H20ClNO3/c13-6-9-2-1-3-10(9)7-14-12(15)11-8-16-4-5-17-11/h9-11H,1-8H2,(H,14,15). The first-order valence-corrected chi connectivity index (χ1v) is 6.87. The summed E-state index contributed by atoms with van der Waals surface area (Å²) in [6, 6.07) is 0. The molecule has 1 saturated carbocycles. The van der Waals surface area contributed by atoms with Gasteiger partial charge in [0.25, 0.3) is 5.91 Å². The summed E-state index contributed by atoms with van der Waals surface area (Å²) in [4.78, 5) is 11.8. The summed E-state index contributed by atoms with van der Waals surface area (Å²) in [6.45, 7) is 2.18. The number of ether oxygens (including phenoxy) is 2. The number of rotatable bonds is 4. The van der Waals surface area contributed by atoms with Gasteiger partial charge in [0.05, 0.1) is 19.8 Å². The van der Waals surface area contributed by atoms with Crippen molar-refractivity contribution in [1.29, 1.82) is 0 Å². The number of nitrogens with one attached hydrogen (secondary N) is 1. The Morgan fingerprint density at radius 2 is 2.12 bits per heavy atom. The van der Waals surface area contributed by atoms with Crippen LogP contribution in [0.5, 0.6) is 0 Å². The Kier molecular flexibility index (Phi) is 5.07. The molecular weight excluding hydrogens is 242 g/mol. The van der Waals surface area contributed by atoms with E-state index in [2.05, 4.69) is 5.32 Å². The molecule has 1 amide bonds. The fourth-order valence-electron chi connectivity index (χ4n) is 2.57. The van der Waals surface area contributed by atoms with E-state index in [4.69, 9.17) is 21.1 Å². The molecule has 17 heavy (non-hydrogen) atoms. The van der Waals surface area contributed by atoms with Crippen molar-refractivity contribution in [2.24, 2.45) is 11.8 Å². The average molecular weight is 262 g/mol. The lowest BCUT2D eigenvalue weighted by Gasteiger charge is -2.24. The van der Waals surface area contributed by atoms with Gasteiger partial charge in [-0.05, 0) is 24.7 Å². The van der Waals surface area contributed by atoms with Gasteiger partial charge in [-0.15, -0.1) is 11.6 Å². The SMILES string of the molecule is O=C(NCC1CCCC1CCl)C1COCCO1. The molecule has 1 aliphatic heterocycles. The maximum atomic E-state index is 11.8. The van der Waals surface area contributed by atoms with Crippen molar-refractivity contribution in [2.75, 3.05) is 32.2 Å². The molecule has 0 aromatic carbocycles. The average Bonchev–Trinajstić information content (AvgIpc) is 2.84. The molecular formula is C12H20ClNO3. The van der Waals surface area contributed by atoms with Gasteiger partial charge < -0.3 is 14.8 Å². The molecule has 0 bridgehead atoms. The van der Waals surface area contributed by atoms with Crippen molar-refractivity contribution in [3.8, 4) is 0 Å². The van der Waals surface area contributed by atoms with E-state index >= 15 is 0 Å². The van der Waals surface area contributed by atoms with E-state index in [0.717, 1.165) is 6.54 Å². The highest BCUT2D eigenvalue weighted by Gasteiger charge is 2.28. The van der Waals surface area contributed by atoms with Gasteiger partial charge >= 0.3 is 0 Å². The Morgan fingerprint density at radius 1 is 1.29 bits per heavy atom. The molecule has 0 radical (unpaired) electrons. The van der Waals surface area contributed by atoms with Crippen LogP contribution in [-0.2, 0) is 14.3 Å². The second kappa shape index (κ2) is 6.57. The fraction of sp³-hybridized carbons (Fsp3) is 0.917. The summed E-state index contributed by atoms with van der Waals surface area (Å²) in [5, 5.41) is 2.96. The lowest BCUT2D eigenvalue weighted by molar-refractivity contribution is -0.147. The van der Waals surface area contributed by atoms with Crippen LogP contribution >= 0.6 is 11.6 Å². The molecule has 2 fully saturated rings. The second-order valence-corrected chi connectivity index (χ2v) is 5.09. The van der Waals surface area contributed by atoms with E-state index in [1.54, 1.807) is 0 Å². The third-order valence-electron chi connectivity index (χ3n) is 3.66. The van der Waals surface area contributed by atoms with Crippen LogP contribution in [0.1, 0.15) is 19.3 Å². The molecule has 3 atom stereocenters. The fourth-order valence-corrected chi connectivity index (χ4v) is 2.98. The summed E-state index contributed by atoms with van der Waals surface area (Å²) >= 11 is 5.91. The monoisotopic (exact) mass is 261 g/mol. The van der Waals surface area contributed by atoms with Crippen molar-refractivity contribution in [1.82, 2.24) is 5.32 Å². The zero-order valence-corrected chi connectivity index (χ0v) is 10.7. The van der Waals surface area contributed by atoms with E-state index in [0.29, 0.717) is 37.5 Å². The van der Waals surface area contributed by atoms with Crippen LogP contribution in [0, 0.1) is 11.8 Å². The number of halogens is 1.